The van der Waals surface area contributed by atoms with Crippen LogP contribution in [0.2, 0.25) is 0 Å². The van der Waals surface area contributed by atoms with Gasteiger partial charge in [0.05, 0.1) is 12.8 Å². The number of rotatable bonds is 7. The molecule has 0 unspecified atom stereocenters. The summed E-state index contributed by atoms with van der Waals surface area (Å²) in [7, 11) is 3.47. The number of hydrogen-bond donors (Lipinski definition) is 0. The highest BCUT2D eigenvalue weighted by Crippen LogP contribution is 2.30. The number of nitrogens with zero attached hydrogens (tertiary/aromatic N) is 3. The molecule has 1 aromatic carbocycles. The molecule has 0 N–H and O–H groups in total. The van der Waals surface area contributed by atoms with Crippen LogP contribution in [0.5, 0.6) is 5.75 Å². The van der Waals surface area contributed by atoms with Crippen LogP contribution in [0.4, 0.5) is 0 Å². The van der Waals surface area contributed by atoms with Crippen LogP contribution < -0.4 is 4.74 Å². The first-order valence-electron chi connectivity index (χ1n) is 9.49. The van der Waals surface area contributed by atoms with Gasteiger partial charge in [0.1, 0.15) is 15.5 Å². The molecule has 8 heteroatoms. The number of aromatic nitrogens is 2. The Hall–Kier alpha value is -2.87. The summed E-state index contributed by atoms with van der Waals surface area (Å²) in [5.74, 6) is 0.135. The van der Waals surface area contributed by atoms with Crippen LogP contribution in [0.15, 0.2) is 30.3 Å². The average molecular weight is 413 g/mol. The normalized spacial score (nSPS) is 13.5. The van der Waals surface area contributed by atoms with E-state index >= 15 is 0 Å². The summed E-state index contributed by atoms with van der Waals surface area (Å²) in [5.41, 5.74) is 1.89. The lowest BCUT2D eigenvalue weighted by atomic mass is 10.2. The molecule has 1 amide bonds. The minimum absolute atomic E-state index is 0.171. The van der Waals surface area contributed by atoms with Crippen molar-refractivity contribution in [2.45, 2.75) is 32.4 Å². The number of esters is 1. The second kappa shape index (κ2) is 7.87. The summed E-state index contributed by atoms with van der Waals surface area (Å²) in [6.07, 6.45) is 1.97. The van der Waals surface area contributed by atoms with Crippen molar-refractivity contribution in [2.24, 2.45) is 7.05 Å². The number of methoxy groups -OCH3 is 1. The van der Waals surface area contributed by atoms with Gasteiger partial charge in [-0.2, -0.15) is 5.10 Å². The van der Waals surface area contributed by atoms with E-state index in [1.54, 1.807) is 22.8 Å². The minimum Gasteiger partial charge on any atom is -0.497 e. The molecular weight excluding hydrogens is 390 g/mol. The number of carbonyl (C=O) groups excluding carboxylic acids is 2. The molecular formula is C21H23N3O4S. The molecule has 7 nitrogen and oxygen atoms in total. The topological polar surface area (TPSA) is 73.7 Å². The van der Waals surface area contributed by atoms with Crippen LogP contribution in [0.25, 0.3) is 10.2 Å². The number of benzene rings is 1. The van der Waals surface area contributed by atoms with Gasteiger partial charge in [0, 0.05) is 25.0 Å². The van der Waals surface area contributed by atoms with E-state index in [0.717, 1.165) is 40.1 Å². The Morgan fingerprint density at radius 2 is 2.00 bits per heavy atom. The summed E-state index contributed by atoms with van der Waals surface area (Å²) < 4.78 is 12.3. The zero-order valence-corrected chi connectivity index (χ0v) is 17.5. The first-order chi connectivity index (χ1) is 14.0. The van der Waals surface area contributed by atoms with Gasteiger partial charge in [0.25, 0.3) is 5.91 Å². The zero-order valence-electron chi connectivity index (χ0n) is 16.7. The Labute approximate surface area is 172 Å². The second-order valence-corrected chi connectivity index (χ2v) is 8.25. The number of aryl methyl sites for hydroxylation is 2. The molecule has 0 bridgehead atoms. The van der Waals surface area contributed by atoms with Crippen molar-refractivity contribution in [2.75, 3.05) is 13.7 Å². The van der Waals surface area contributed by atoms with Crippen LogP contribution >= 0.6 is 11.3 Å². The Morgan fingerprint density at radius 3 is 2.62 bits per heavy atom. The van der Waals surface area contributed by atoms with Crippen molar-refractivity contribution in [3.05, 3.63) is 46.5 Å². The molecule has 0 spiro atoms. The molecule has 29 heavy (non-hydrogen) atoms. The van der Waals surface area contributed by atoms with Crippen LogP contribution in [0, 0.1) is 6.92 Å². The summed E-state index contributed by atoms with van der Waals surface area (Å²) in [4.78, 5) is 28.4. The number of thiophene rings is 1. The minimum atomic E-state index is -0.473. The molecule has 1 aliphatic rings. The van der Waals surface area contributed by atoms with Gasteiger partial charge in [-0.05, 0) is 43.5 Å². The molecule has 1 saturated carbocycles. The zero-order chi connectivity index (χ0) is 20.5. The van der Waals surface area contributed by atoms with Crippen molar-refractivity contribution in [3.8, 4) is 5.75 Å². The molecule has 0 aliphatic heterocycles. The highest BCUT2D eigenvalue weighted by Gasteiger charge is 2.33. The third-order valence-corrected chi connectivity index (χ3v) is 6.23. The number of ether oxygens (including phenoxy) is 2. The van der Waals surface area contributed by atoms with E-state index in [4.69, 9.17) is 9.47 Å². The predicted octanol–water partition coefficient (Wildman–Crippen LogP) is 3.30. The standard InChI is InChI=1S/C21H23N3O4S/c1-13-17-10-18(29-20(17)23(2)22-13)21(26)28-12-19(25)24(15-6-7-15)11-14-4-8-16(27-3)9-5-14/h4-5,8-10,15H,6-7,11-12H2,1-3H3. The summed E-state index contributed by atoms with van der Waals surface area (Å²) in [5, 5.41) is 5.27. The third-order valence-electron chi connectivity index (χ3n) is 5.04. The van der Waals surface area contributed by atoms with Gasteiger partial charge in [-0.1, -0.05) is 12.1 Å². The number of hydrogen-bond acceptors (Lipinski definition) is 6. The maximum absolute atomic E-state index is 12.7. The molecule has 2 heterocycles. The first-order valence-corrected chi connectivity index (χ1v) is 10.3. The molecule has 152 valence electrons. The van der Waals surface area contributed by atoms with Crippen molar-refractivity contribution >= 4 is 33.4 Å². The van der Waals surface area contributed by atoms with Gasteiger partial charge in [-0.25, -0.2) is 4.79 Å². The lowest BCUT2D eigenvalue weighted by molar-refractivity contribution is -0.135. The van der Waals surface area contributed by atoms with Crippen LogP contribution in [0.3, 0.4) is 0 Å². The molecule has 0 saturated heterocycles. The number of amides is 1. The first kappa shape index (κ1) is 19.4. The summed E-state index contributed by atoms with van der Waals surface area (Å²) in [6.45, 7) is 2.15. The Kier molecular flexibility index (Phi) is 5.27. The SMILES string of the molecule is COc1ccc(CN(C(=O)COC(=O)c2cc3c(C)nn(C)c3s2)C2CC2)cc1. The van der Waals surface area contributed by atoms with E-state index in [1.807, 2.05) is 38.2 Å². The Balaban J connectivity index is 1.39. The van der Waals surface area contributed by atoms with Crippen LogP contribution in [0.1, 0.15) is 33.8 Å². The summed E-state index contributed by atoms with van der Waals surface area (Å²) in [6, 6.07) is 9.65. The molecule has 4 rings (SSSR count). The van der Waals surface area contributed by atoms with E-state index < -0.39 is 5.97 Å². The highest BCUT2D eigenvalue weighted by molar-refractivity contribution is 7.20. The Bertz CT molecular complexity index is 1020. The lowest BCUT2D eigenvalue weighted by Crippen LogP contribution is -2.36. The van der Waals surface area contributed by atoms with Gasteiger partial charge in [0.2, 0.25) is 0 Å². The molecule has 3 aromatic rings. The maximum Gasteiger partial charge on any atom is 0.348 e. The fourth-order valence-electron chi connectivity index (χ4n) is 3.32. The van der Waals surface area contributed by atoms with E-state index in [-0.39, 0.29) is 18.6 Å². The van der Waals surface area contributed by atoms with Crippen molar-refractivity contribution in [1.82, 2.24) is 14.7 Å². The van der Waals surface area contributed by atoms with Crippen LogP contribution in [-0.2, 0) is 23.1 Å². The van der Waals surface area contributed by atoms with Crippen molar-refractivity contribution in [1.29, 1.82) is 0 Å². The maximum atomic E-state index is 12.7. The van der Waals surface area contributed by atoms with Gasteiger partial charge in [-0.15, -0.1) is 11.3 Å². The van der Waals surface area contributed by atoms with Crippen LogP contribution in [-0.4, -0.2) is 46.3 Å². The van der Waals surface area contributed by atoms with E-state index in [0.29, 0.717) is 11.4 Å². The molecule has 1 aliphatic carbocycles. The number of fused-ring (bicyclic) bond motifs is 1. The largest absolute Gasteiger partial charge is 0.497 e. The van der Waals surface area contributed by atoms with Gasteiger partial charge >= 0.3 is 5.97 Å². The molecule has 1 fully saturated rings. The smallest absolute Gasteiger partial charge is 0.348 e. The Morgan fingerprint density at radius 1 is 1.28 bits per heavy atom. The molecule has 0 radical (unpaired) electrons. The number of carbonyl (C=O) groups is 2. The van der Waals surface area contributed by atoms with E-state index in [1.165, 1.54) is 11.3 Å². The van der Waals surface area contributed by atoms with Crippen molar-refractivity contribution in [3.63, 3.8) is 0 Å². The molecule has 0 atom stereocenters. The quantitative estimate of drug-likeness (QED) is 0.556. The van der Waals surface area contributed by atoms with Gasteiger partial charge in [-0.3, -0.25) is 9.48 Å². The van der Waals surface area contributed by atoms with E-state index in [2.05, 4.69) is 5.10 Å². The molecule has 2 aromatic heterocycles. The van der Waals surface area contributed by atoms with Gasteiger partial charge < -0.3 is 14.4 Å². The highest BCUT2D eigenvalue weighted by atomic mass is 32.1. The fraction of sp³-hybridized carbons (Fsp3) is 0.381. The fourth-order valence-corrected chi connectivity index (χ4v) is 4.34. The lowest BCUT2D eigenvalue weighted by Gasteiger charge is -2.22. The predicted molar refractivity (Wildman–Crippen MR) is 110 cm³/mol. The monoisotopic (exact) mass is 413 g/mol. The van der Waals surface area contributed by atoms with Gasteiger partial charge in [0.15, 0.2) is 6.61 Å². The van der Waals surface area contributed by atoms with Crippen molar-refractivity contribution < 1.29 is 19.1 Å². The third kappa shape index (κ3) is 4.12. The van der Waals surface area contributed by atoms with E-state index in [9.17, 15) is 9.59 Å². The summed E-state index contributed by atoms with van der Waals surface area (Å²) >= 11 is 1.33. The second-order valence-electron chi connectivity index (χ2n) is 7.22. The average Bonchev–Trinajstić information content (AvgIpc) is 3.39.